The minimum absolute atomic E-state index is 0.00967. The first-order chi connectivity index (χ1) is 12.9. The first-order valence-electron chi connectivity index (χ1n) is 7.85. The number of hydrogen-bond donors (Lipinski definition) is 1. The predicted octanol–water partition coefficient (Wildman–Crippen LogP) is 3.16. The summed E-state index contributed by atoms with van der Waals surface area (Å²) in [7, 11) is 0. The van der Waals surface area contributed by atoms with Gasteiger partial charge in [0.1, 0.15) is 5.82 Å². The van der Waals surface area contributed by atoms with Gasteiger partial charge in [-0.25, -0.2) is 9.18 Å². The third-order valence-corrected chi connectivity index (χ3v) is 3.71. The average Bonchev–Trinajstić information content (AvgIpc) is 3.03. The molecule has 0 saturated carbocycles. The van der Waals surface area contributed by atoms with Crippen LogP contribution in [-0.4, -0.2) is 33.5 Å². The van der Waals surface area contributed by atoms with Gasteiger partial charge in [-0.1, -0.05) is 17.7 Å². The van der Waals surface area contributed by atoms with Gasteiger partial charge < -0.3 is 10.1 Å². The SMILES string of the molecule is Cc1nn(-c2cccc(Cl)c2)nc1C(=O)OCC(=O)Nc1ccc(F)cc1. The topological polar surface area (TPSA) is 86.1 Å². The zero-order chi connectivity index (χ0) is 19.4. The van der Waals surface area contributed by atoms with E-state index in [9.17, 15) is 14.0 Å². The molecule has 7 nitrogen and oxygen atoms in total. The molecule has 0 fully saturated rings. The van der Waals surface area contributed by atoms with Gasteiger partial charge >= 0.3 is 5.97 Å². The molecule has 2 aromatic carbocycles. The summed E-state index contributed by atoms with van der Waals surface area (Å²) in [6, 6.07) is 12.0. The van der Waals surface area contributed by atoms with E-state index in [1.807, 2.05) is 0 Å². The van der Waals surface area contributed by atoms with Gasteiger partial charge in [-0.05, 0) is 49.4 Å². The Kier molecular flexibility index (Phi) is 5.46. The summed E-state index contributed by atoms with van der Waals surface area (Å²) in [5.74, 6) is -1.76. The fraction of sp³-hybridized carbons (Fsp3) is 0.111. The van der Waals surface area contributed by atoms with Gasteiger partial charge in [-0.15, -0.1) is 5.10 Å². The molecule has 0 bridgehead atoms. The van der Waals surface area contributed by atoms with E-state index in [0.717, 1.165) is 0 Å². The molecule has 3 rings (SSSR count). The third kappa shape index (κ3) is 4.68. The maximum atomic E-state index is 12.8. The number of anilines is 1. The Morgan fingerprint density at radius 2 is 1.93 bits per heavy atom. The highest BCUT2D eigenvalue weighted by Crippen LogP contribution is 2.15. The molecule has 0 radical (unpaired) electrons. The van der Waals surface area contributed by atoms with Crippen LogP contribution in [0.3, 0.4) is 0 Å². The van der Waals surface area contributed by atoms with Crippen molar-refractivity contribution in [3.05, 3.63) is 70.8 Å². The Morgan fingerprint density at radius 1 is 1.19 bits per heavy atom. The van der Waals surface area contributed by atoms with Crippen LogP contribution in [0.2, 0.25) is 5.02 Å². The molecule has 3 aromatic rings. The zero-order valence-electron chi connectivity index (χ0n) is 14.1. The summed E-state index contributed by atoms with van der Waals surface area (Å²) in [4.78, 5) is 25.3. The number of aromatic nitrogens is 3. The standard InChI is InChI=1S/C18H14ClFN4O3/c1-11-17(23-24(22-11)15-4-2-3-12(19)9-15)18(26)27-10-16(25)21-14-7-5-13(20)6-8-14/h2-9H,10H2,1H3,(H,21,25). The molecule has 9 heteroatoms. The second-order valence-electron chi connectivity index (χ2n) is 5.53. The number of benzene rings is 2. The Hall–Kier alpha value is -3.26. The van der Waals surface area contributed by atoms with Crippen LogP contribution in [0.4, 0.5) is 10.1 Å². The minimum Gasteiger partial charge on any atom is -0.451 e. The molecular formula is C18H14ClFN4O3. The van der Waals surface area contributed by atoms with E-state index < -0.39 is 24.3 Å². The number of esters is 1. The number of halogens is 2. The van der Waals surface area contributed by atoms with E-state index in [4.69, 9.17) is 16.3 Å². The lowest BCUT2D eigenvalue weighted by molar-refractivity contribution is -0.119. The lowest BCUT2D eigenvalue weighted by Crippen LogP contribution is -2.21. The quantitative estimate of drug-likeness (QED) is 0.678. The van der Waals surface area contributed by atoms with Crippen LogP contribution in [0.5, 0.6) is 0 Å². The third-order valence-electron chi connectivity index (χ3n) is 3.48. The number of carbonyl (C=O) groups is 2. The monoisotopic (exact) mass is 388 g/mol. The summed E-state index contributed by atoms with van der Waals surface area (Å²) >= 11 is 5.94. The Balaban J connectivity index is 1.62. The molecule has 0 atom stereocenters. The highest BCUT2D eigenvalue weighted by Gasteiger charge is 2.19. The van der Waals surface area contributed by atoms with Gasteiger partial charge in [-0.2, -0.15) is 9.90 Å². The van der Waals surface area contributed by atoms with E-state index in [-0.39, 0.29) is 5.69 Å². The number of nitrogens with one attached hydrogen (secondary N) is 1. The molecule has 1 heterocycles. The smallest absolute Gasteiger partial charge is 0.361 e. The first-order valence-corrected chi connectivity index (χ1v) is 8.22. The van der Waals surface area contributed by atoms with E-state index in [1.54, 1.807) is 31.2 Å². The molecular weight excluding hydrogens is 375 g/mol. The number of carbonyl (C=O) groups excluding carboxylic acids is 2. The molecule has 138 valence electrons. The number of hydrogen-bond acceptors (Lipinski definition) is 5. The molecule has 1 N–H and O–H groups in total. The normalized spacial score (nSPS) is 10.5. The van der Waals surface area contributed by atoms with Gasteiger partial charge in [0, 0.05) is 10.7 Å². The van der Waals surface area contributed by atoms with Crippen molar-refractivity contribution in [2.24, 2.45) is 0 Å². The highest BCUT2D eigenvalue weighted by atomic mass is 35.5. The van der Waals surface area contributed by atoms with Crippen LogP contribution >= 0.6 is 11.6 Å². The van der Waals surface area contributed by atoms with Crippen molar-refractivity contribution in [1.82, 2.24) is 15.0 Å². The van der Waals surface area contributed by atoms with Crippen LogP contribution in [0.15, 0.2) is 48.5 Å². The summed E-state index contributed by atoms with van der Waals surface area (Å²) in [6.45, 7) is 1.09. The van der Waals surface area contributed by atoms with Gasteiger partial charge in [0.25, 0.3) is 5.91 Å². The van der Waals surface area contributed by atoms with Crippen molar-refractivity contribution in [2.75, 3.05) is 11.9 Å². The maximum Gasteiger partial charge on any atom is 0.361 e. The van der Waals surface area contributed by atoms with Crippen LogP contribution in [-0.2, 0) is 9.53 Å². The van der Waals surface area contributed by atoms with Crippen molar-refractivity contribution < 1.29 is 18.7 Å². The Morgan fingerprint density at radius 3 is 2.63 bits per heavy atom. The molecule has 1 aromatic heterocycles. The van der Waals surface area contributed by atoms with Crippen molar-refractivity contribution in [3.8, 4) is 5.69 Å². The maximum absolute atomic E-state index is 12.8. The molecule has 0 saturated heterocycles. The number of aryl methyl sites for hydroxylation is 1. The van der Waals surface area contributed by atoms with Crippen LogP contribution in [0.25, 0.3) is 5.69 Å². The summed E-state index contributed by atoms with van der Waals surface area (Å²) in [6.07, 6.45) is 0. The van der Waals surface area contributed by atoms with Gasteiger partial charge in [0.15, 0.2) is 12.3 Å². The van der Waals surface area contributed by atoms with Crippen LogP contribution < -0.4 is 5.32 Å². The summed E-state index contributed by atoms with van der Waals surface area (Å²) in [5, 5.41) is 11.2. The van der Waals surface area contributed by atoms with Crippen molar-refractivity contribution in [1.29, 1.82) is 0 Å². The van der Waals surface area contributed by atoms with E-state index in [1.165, 1.54) is 29.1 Å². The Labute approximate surface area is 158 Å². The highest BCUT2D eigenvalue weighted by molar-refractivity contribution is 6.30. The molecule has 0 aliphatic heterocycles. The van der Waals surface area contributed by atoms with Crippen molar-refractivity contribution in [2.45, 2.75) is 6.92 Å². The number of amides is 1. The van der Waals surface area contributed by atoms with Crippen molar-refractivity contribution >= 4 is 29.2 Å². The summed E-state index contributed by atoms with van der Waals surface area (Å²) < 4.78 is 17.8. The zero-order valence-corrected chi connectivity index (χ0v) is 14.9. The van der Waals surface area contributed by atoms with E-state index >= 15 is 0 Å². The van der Waals surface area contributed by atoms with Gasteiger partial charge in [0.2, 0.25) is 0 Å². The molecule has 27 heavy (non-hydrogen) atoms. The fourth-order valence-electron chi connectivity index (χ4n) is 2.21. The lowest BCUT2D eigenvalue weighted by atomic mass is 10.3. The summed E-state index contributed by atoms with van der Waals surface area (Å²) in [5.41, 5.74) is 1.31. The predicted molar refractivity (Wildman–Crippen MR) is 96.4 cm³/mol. The molecule has 0 unspecified atom stereocenters. The molecule has 0 aliphatic rings. The van der Waals surface area contributed by atoms with Crippen LogP contribution in [0, 0.1) is 12.7 Å². The molecule has 0 spiro atoms. The second-order valence-corrected chi connectivity index (χ2v) is 5.97. The second kappa shape index (κ2) is 7.96. The Bertz CT molecular complexity index is 989. The number of nitrogens with zero attached hydrogens (tertiary/aromatic N) is 3. The minimum atomic E-state index is -0.782. The largest absolute Gasteiger partial charge is 0.451 e. The number of rotatable bonds is 5. The lowest BCUT2D eigenvalue weighted by Gasteiger charge is -2.05. The molecule has 0 aliphatic carbocycles. The van der Waals surface area contributed by atoms with Crippen molar-refractivity contribution in [3.63, 3.8) is 0 Å². The van der Waals surface area contributed by atoms with E-state index in [2.05, 4.69) is 15.5 Å². The fourth-order valence-corrected chi connectivity index (χ4v) is 2.40. The van der Waals surface area contributed by atoms with Gasteiger partial charge in [-0.3, -0.25) is 4.79 Å². The number of ether oxygens (including phenoxy) is 1. The van der Waals surface area contributed by atoms with Gasteiger partial charge in [0.05, 0.1) is 11.4 Å². The van der Waals surface area contributed by atoms with E-state index in [0.29, 0.717) is 22.1 Å². The molecule has 1 amide bonds. The average molecular weight is 389 g/mol. The van der Waals surface area contributed by atoms with Crippen LogP contribution in [0.1, 0.15) is 16.2 Å². The first kappa shape index (κ1) is 18.5.